The molecule has 0 unspecified atom stereocenters. The molecular formula is C18H28N2O3. The average Bonchev–Trinajstić information content (AvgIpc) is 2.61. The summed E-state index contributed by atoms with van der Waals surface area (Å²) in [6.45, 7) is 6.74. The number of rotatable bonds is 7. The van der Waals surface area contributed by atoms with Gasteiger partial charge in [0.25, 0.3) is 5.91 Å². The highest BCUT2D eigenvalue weighted by Crippen LogP contribution is 2.29. The van der Waals surface area contributed by atoms with E-state index in [9.17, 15) is 4.79 Å². The van der Waals surface area contributed by atoms with Gasteiger partial charge in [-0.25, -0.2) is 0 Å². The summed E-state index contributed by atoms with van der Waals surface area (Å²) in [6.07, 6.45) is 3.76. The van der Waals surface area contributed by atoms with Crippen LogP contribution in [-0.2, 0) is 0 Å². The van der Waals surface area contributed by atoms with E-state index in [0.29, 0.717) is 17.1 Å². The SMILES string of the molecule is CCCCCN1CCN(C(=O)c2c(OC)cccc2OC)CC1. The molecule has 5 heteroatoms. The van der Waals surface area contributed by atoms with E-state index in [1.54, 1.807) is 26.4 Å². The minimum absolute atomic E-state index is 0.00694. The minimum Gasteiger partial charge on any atom is -0.496 e. The fourth-order valence-electron chi connectivity index (χ4n) is 2.98. The molecule has 0 saturated carbocycles. The van der Waals surface area contributed by atoms with Crippen LogP contribution in [0.1, 0.15) is 36.5 Å². The Balaban J connectivity index is 2.00. The van der Waals surface area contributed by atoms with E-state index in [-0.39, 0.29) is 5.91 Å². The predicted octanol–water partition coefficient (Wildman–Crippen LogP) is 2.65. The number of benzene rings is 1. The second-order valence-electron chi connectivity index (χ2n) is 5.88. The highest BCUT2D eigenvalue weighted by atomic mass is 16.5. The topological polar surface area (TPSA) is 42.0 Å². The van der Waals surface area contributed by atoms with E-state index in [2.05, 4.69) is 11.8 Å². The summed E-state index contributed by atoms with van der Waals surface area (Å²) in [5.41, 5.74) is 0.525. The number of ether oxygens (including phenoxy) is 2. The number of carbonyl (C=O) groups is 1. The van der Waals surface area contributed by atoms with Crippen LogP contribution in [-0.4, -0.2) is 62.7 Å². The van der Waals surface area contributed by atoms with Crippen molar-refractivity contribution >= 4 is 5.91 Å². The Bertz CT molecular complexity index is 489. The first-order chi connectivity index (χ1) is 11.2. The molecule has 0 radical (unpaired) electrons. The number of hydrogen-bond donors (Lipinski definition) is 0. The number of piperazine rings is 1. The minimum atomic E-state index is -0.00694. The lowest BCUT2D eigenvalue weighted by Crippen LogP contribution is -2.48. The standard InChI is InChI=1S/C18H28N2O3/c1-4-5-6-10-19-11-13-20(14-12-19)18(21)17-15(22-2)8-7-9-16(17)23-3/h7-9H,4-6,10-14H2,1-3H3. The van der Waals surface area contributed by atoms with Crippen molar-refractivity contribution in [2.45, 2.75) is 26.2 Å². The lowest BCUT2D eigenvalue weighted by atomic mass is 10.1. The van der Waals surface area contributed by atoms with Crippen molar-refractivity contribution in [1.29, 1.82) is 0 Å². The van der Waals surface area contributed by atoms with Crippen LogP contribution in [0.2, 0.25) is 0 Å². The normalized spacial score (nSPS) is 15.5. The summed E-state index contributed by atoms with van der Waals surface area (Å²) in [6, 6.07) is 5.44. The first kappa shape index (κ1) is 17.6. The van der Waals surface area contributed by atoms with Crippen LogP contribution in [0.25, 0.3) is 0 Å². The van der Waals surface area contributed by atoms with Crippen molar-refractivity contribution in [3.8, 4) is 11.5 Å². The third-order valence-corrected chi connectivity index (χ3v) is 4.38. The van der Waals surface area contributed by atoms with Crippen molar-refractivity contribution in [2.75, 3.05) is 46.9 Å². The molecule has 1 aromatic rings. The van der Waals surface area contributed by atoms with E-state index < -0.39 is 0 Å². The van der Waals surface area contributed by atoms with Gasteiger partial charge in [0, 0.05) is 26.2 Å². The van der Waals surface area contributed by atoms with Gasteiger partial charge in [-0.1, -0.05) is 25.8 Å². The van der Waals surface area contributed by atoms with Gasteiger partial charge >= 0.3 is 0 Å². The van der Waals surface area contributed by atoms with E-state index >= 15 is 0 Å². The molecule has 0 N–H and O–H groups in total. The van der Waals surface area contributed by atoms with Gasteiger partial charge in [0.15, 0.2) is 0 Å². The van der Waals surface area contributed by atoms with Crippen LogP contribution < -0.4 is 9.47 Å². The Morgan fingerprint density at radius 2 is 1.65 bits per heavy atom. The van der Waals surface area contributed by atoms with Gasteiger partial charge in [0.2, 0.25) is 0 Å². The largest absolute Gasteiger partial charge is 0.496 e. The van der Waals surface area contributed by atoms with Gasteiger partial charge in [-0.3, -0.25) is 9.69 Å². The number of unbranched alkanes of at least 4 members (excludes halogenated alkanes) is 2. The zero-order valence-corrected chi connectivity index (χ0v) is 14.5. The van der Waals surface area contributed by atoms with Gasteiger partial charge in [0.05, 0.1) is 14.2 Å². The van der Waals surface area contributed by atoms with Crippen LogP contribution in [0.15, 0.2) is 18.2 Å². The number of carbonyl (C=O) groups excluding carboxylic acids is 1. The lowest BCUT2D eigenvalue weighted by molar-refractivity contribution is 0.0628. The number of nitrogens with zero attached hydrogens (tertiary/aromatic N) is 2. The van der Waals surface area contributed by atoms with Crippen LogP contribution >= 0.6 is 0 Å². The molecule has 0 atom stereocenters. The molecule has 1 amide bonds. The van der Waals surface area contributed by atoms with Crippen molar-refractivity contribution in [3.63, 3.8) is 0 Å². The summed E-state index contributed by atoms with van der Waals surface area (Å²) in [4.78, 5) is 17.2. The fourth-order valence-corrected chi connectivity index (χ4v) is 2.98. The number of hydrogen-bond acceptors (Lipinski definition) is 4. The summed E-state index contributed by atoms with van der Waals surface area (Å²) >= 11 is 0. The molecule has 0 bridgehead atoms. The quantitative estimate of drug-likeness (QED) is 0.724. The second kappa shape index (κ2) is 8.77. The van der Waals surface area contributed by atoms with Gasteiger partial charge in [-0.2, -0.15) is 0 Å². The highest BCUT2D eigenvalue weighted by Gasteiger charge is 2.26. The summed E-state index contributed by atoms with van der Waals surface area (Å²) in [7, 11) is 3.16. The average molecular weight is 320 g/mol. The van der Waals surface area contributed by atoms with Crippen molar-refractivity contribution in [3.05, 3.63) is 23.8 Å². The molecule has 1 heterocycles. The fraction of sp³-hybridized carbons (Fsp3) is 0.611. The number of methoxy groups -OCH3 is 2. The third kappa shape index (κ3) is 4.38. The molecule has 1 saturated heterocycles. The third-order valence-electron chi connectivity index (χ3n) is 4.38. The molecule has 128 valence electrons. The Morgan fingerprint density at radius 1 is 1.04 bits per heavy atom. The molecule has 5 nitrogen and oxygen atoms in total. The Hall–Kier alpha value is -1.75. The monoisotopic (exact) mass is 320 g/mol. The van der Waals surface area contributed by atoms with Crippen molar-refractivity contribution in [2.24, 2.45) is 0 Å². The zero-order valence-electron chi connectivity index (χ0n) is 14.5. The van der Waals surface area contributed by atoms with Crippen LogP contribution in [0.4, 0.5) is 0 Å². The van der Waals surface area contributed by atoms with Crippen molar-refractivity contribution < 1.29 is 14.3 Å². The number of amides is 1. The molecule has 23 heavy (non-hydrogen) atoms. The van der Waals surface area contributed by atoms with Gasteiger partial charge in [0.1, 0.15) is 17.1 Å². The Labute approximate surface area is 139 Å². The highest BCUT2D eigenvalue weighted by molar-refractivity contribution is 5.99. The molecule has 1 fully saturated rings. The van der Waals surface area contributed by atoms with Crippen LogP contribution in [0.5, 0.6) is 11.5 Å². The smallest absolute Gasteiger partial charge is 0.261 e. The van der Waals surface area contributed by atoms with Gasteiger partial charge in [-0.05, 0) is 25.1 Å². The molecule has 2 rings (SSSR count). The molecular weight excluding hydrogens is 292 g/mol. The lowest BCUT2D eigenvalue weighted by Gasteiger charge is -2.35. The van der Waals surface area contributed by atoms with Crippen LogP contribution in [0.3, 0.4) is 0 Å². The maximum absolute atomic E-state index is 12.9. The predicted molar refractivity (Wildman–Crippen MR) is 91.4 cm³/mol. The summed E-state index contributed by atoms with van der Waals surface area (Å²) < 4.78 is 10.7. The first-order valence-corrected chi connectivity index (χ1v) is 8.43. The van der Waals surface area contributed by atoms with E-state index in [1.165, 1.54) is 19.3 Å². The molecule has 0 aromatic heterocycles. The second-order valence-corrected chi connectivity index (χ2v) is 5.88. The molecule has 1 aliphatic heterocycles. The van der Waals surface area contributed by atoms with Gasteiger partial charge in [-0.15, -0.1) is 0 Å². The zero-order chi connectivity index (χ0) is 16.7. The maximum Gasteiger partial charge on any atom is 0.261 e. The summed E-state index contributed by atoms with van der Waals surface area (Å²) in [5, 5.41) is 0. The van der Waals surface area contributed by atoms with E-state index in [0.717, 1.165) is 32.7 Å². The van der Waals surface area contributed by atoms with E-state index in [4.69, 9.17) is 9.47 Å². The Morgan fingerprint density at radius 3 is 2.17 bits per heavy atom. The maximum atomic E-state index is 12.9. The molecule has 1 aliphatic rings. The molecule has 1 aromatic carbocycles. The molecule has 0 aliphatic carbocycles. The van der Waals surface area contributed by atoms with E-state index in [1.807, 2.05) is 11.0 Å². The molecule has 0 spiro atoms. The van der Waals surface area contributed by atoms with Gasteiger partial charge < -0.3 is 14.4 Å². The Kier molecular flexibility index (Phi) is 6.71. The van der Waals surface area contributed by atoms with Crippen LogP contribution in [0, 0.1) is 0 Å². The van der Waals surface area contributed by atoms with Crippen molar-refractivity contribution in [1.82, 2.24) is 9.80 Å². The first-order valence-electron chi connectivity index (χ1n) is 8.43. The summed E-state index contributed by atoms with van der Waals surface area (Å²) in [5.74, 6) is 1.13.